The fourth-order valence-electron chi connectivity index (χ4n) is 1.91. The smallest absolute Gasteiger partial charge is 0.268 e. The third-order valence-corrected chi connectivity index (χ3v) is 3.68. The third kappa shape index (κ3) is 1.28. The van der Waals surface area contributed by atoms with Gasteiger partial charge in [0.25, 0.3) is 5.56 Å². The van der Waals surface area contributed by atoms with E-state index in [1.807, 2.05) is 6.07 Å². The maximum absolute atomic E-state index is 11.6. The number of nitrogens with zero attached hydrogens (tertiary/aromatic N) is 1. The van der Waals surface area contributed by atoms with Gasteiger partial charge in [-0.1, -0.05) is 12.1 Å². The number of benzene rings is 1. The number of rotatable bonds is 1. The second-order valence-electron chi connectivity index (χ2n) is 3.68. The SMILES string of the molecule is O=c1[nH]n(-c2ccccc2O)c2c1CSC2. The number of phenols is 1. The van der Waals surface area contributed by atoms with Crippen molar-refractivity contribution < 1.29 is 5.11 Å². The van der Waals surface area contributed by atoms with Gasteiger partial charge in [-0.15, -0.1) is 0 Å². The molecule has 1 aliphatic heterocycles. The van der Waals surface area contributed by atoms with Crippen LogP contribution in [0.4, 0.5) is 0 Å². The minimum Gasteiger partial charge on any atom is -0.506 e. The summed E-state index contributed by atoms with van der Waals surface area (Å²) in [5, 5.41) is 12.5. The van der Waals surface area contributed by atoms with Crippen molar-refractivity contribution in [1.29, 1.82) is 0 Å². The molecule has 0 unspecified atom stereocenters. The van der Waals surface area contributed by atoms with Crippen LogP contribution in [0, 0.1) is 0 Å². The van der Waals surface area contributed by atoms with Gasteiger partial charge in [-0.25, -0.2) is 0 Å². The fourth-order valence-corrected chi connectivity index (χ4v) is 3.01. The monoisotopic (exact) mass is 234 g/mol. The number of hydrogen-bond donors (Lipinski definition) is 2. The molecule has 0 radical (unpaired) electrons. The highest BCUT2D eigenvalue weighted by molar-refractivity contribution is 7.98. The van der Waals surface area contributed by atoms with Crippen LogP contribution in [0.25, 0.3) is 5.69 Å². The molecule has 2 heterocycles. The van der Waals surface area contributed by atoms with Gasteiger partial charge in [0.15, 0.2) is 0 Å². The number of aromatic hydroxyl groups is 1. The molecule has 0 atom stereocenters. The molecule has 2 N–H and O–H groups in total. The first kappa shape index (κ1) is 9.59. The quantitative estimate of drug-likeness (QED) is 0.788. The second kappa shape index (κ2) is 3.45. The van der Waals surface area contributed by atoms with Crippen molar-refractivity contribution in [2.24, 2.45) is 0 Å². The molecule has 0 saturated carbocycles. The van der Waals surface area contributed by atoms with Gasteiger partial charge in [-0.2, -0.15) is 11.8 Å². The Morgan fingerprint density at radius 3 is 2.94 bits per heavy atom. The van der Waals surface area contributed by atoms with E-state index in [0.29, 0.717) is 5.69 Å². The summed E-state index contributed by atoms with van der Waals surface area (Å²) >= 11 is 1.72. The van der Waals surface area contributed by atoms with Crippen molar-refractivity contribution >= 4 is 11.8 Å². The van der Waals surface area contributed by atoms with Crippen LogP contribution in [-0.2, 0) is 11.5 Å². The summed E-state index contributed by atoms with van der Waals surface area (Å²) in [5.74, 6) is 1.74. The number of nitrogens with one attached hydrogen (secondary N) is 1. The number of para-hydroxylation sites is 2. The standard InChI is InChI=1S/C11H10N2O2S/c14-10-4-2-1-3-8(10)13-9-6-16-5-7(9)11(15)12-13/h1-4,14H,5-6H2,(H,12,15). The topological polar surface area (TPSA) is 58.0 Å². The maximum atomic E-state index is 11.6. The van der Waals surface area contributed by atoms with E-state index in [0.717, 1.165) is 22.8 Å². The number of hydrogen-bond acceptors (Lipinski definition) is 3. The van der Waals surface area contributed by atoms with Gasteiger partial charge in [-0.3, -0.25) is 14.6 Å². The molecule has 82 valence electrons. The van der Waals surface area contributed by atoms with Gasteiger partial charge in [0.1, 0.15) is 11.4 Å². The van der Waals surface area contributed by atoms with Crippen LogP contribution >= 0.6 is 11.8 Å². The van der Waals surface area contributed by atoms with Gasteiger partial charge in [0, 0.05) is 11.5 Å². The van der Waals surface area contributed by atoms with Gasteiger partial charge in [0.05, 0.1) is 11.3 Å². The zero-order chi connectivity index (χ0) is 11.1. The molecular weight excluding hydrogens is 224 g/mol. The summed E-state index contributed by atoms with van der Waals surface area (Å²) < 4.78 is 1.69. The Hall–Kier alpha value is -1.62. The summed E-state index contributed by atoms with van der Waals surface area (Å²) in [7, 11) is 0. The Morgan fingerprint density at radius 1 is 1.31 bits per heavy atom. The van der Waals surface area contributed by atoms with Crippen molar-refractivity contribution in [3.8, 4) is 11.4 Å². The van der Waals surface area contributed by atoms with E-state index in [1.54, 1.807) is 34.6 Å². The second-order valence-corrected chi connectivity index (χ2v) is 4.67. The number of aromatic nitrogens is 2. The minimum atomic E-state index is -0.0525. The fraction of sp³-hybridized carbons (Fsp3) is 0.182. The van der Waals surface area contributed by atoms with Crippen molar-refractivity contribution in [2.75, 3.05) is 0 Å². The van der Waals surface area contributed by atoms with Crippen LogP contribution in [0.3, 0.4) is 0 Å². The van der Waals surface area contributed by atoms with Gasteiger partial charge >= 0.3 is 0 Å². The largest absolute Gasteiger partial charge is 0.506 e. The molecule has 1 aliphatic rings. The minimum absolute atomic E-state index is 0.0525. The third-order valence-electron chi connectivity index (χ3n) is 2.71. The van der Waals surface area contributed by atoms with E-state index in [1.165, 1.54) is 0 Å². The van der Waals surface area contributed by atoms with Crippen LogP contribution in [0.5, 0.6) is 5.75 Å². The first-order chi connectivity index (χ1) is 7.77. The molecule has 5 heteroatoms. The van der Waals surface area contributed by atoms with Crippen molar-refractivity contribution in [2.45, 2.75) is 11.5 Å². The van der Waals surface area contributed by atoms with E-state index in [-0.39, 0.29) is 11.3 Å². The maximum Gasteiger partial charge on any atom is 0.268 e. The number of aromatic amines is 1. The Labute approximate surface area is 95.9 Å². The summed E-state index contributed by atoms with van der Waals surface area (Å²) in [6.07, 6.45) is 0. The lowest BCUT2D eigenvalue weighted by Gasteiger charge is -2.07. The molecule has 0 fully saturated rings. The molecular formula is C11H10N2O2S. The lowest BCUT2D eigenvalue weighted by molar-refractivity contribution is 0.470. The highest BCUT2D eigenvalue weighted by atomic mass is 32.2. The van der Waals surface area contributed by atoms with Crippen LogP contribution in [0.1, 0.15) is 11.3 Å². The highest BCUT2D eigenvalue weighted by Crippen LogP contribution is 2.30. The zero-order valence-corrected chi connectivity index (χ0v) is 9.25. The summed E-state index contributed by atoms with van der Waals surface area (Å²) in [4.78, 5) is 11.6. The summed E-state index contributed by atoms with van der Waals surface area (Å²) in [5.41, 5.74) is 2.37. The molecule has 16 heavy (non-hydrogen) atoms. The van der Waals surface area contributed by atoms with E-state index < -0.39 is 0 Å². The average Bonchev–Trinajstić information content (AvgIpc) is 2.84. The predicted molar refractivity (Wildman–Crippen MR) is 63.1 cm³/mol. The zero-order valence-electron chi connectivity index (χ0n) is 8.43. The number of H-pyrrole nitrogens is 1. The van der Waals surface area contributed by atoms with Crippen molar-refractivity contribution in [1.82, 2.24) is 9.78 Å². The molecule has 1 aromatic heterocycles. The molecule has 2 aromatic rings. The first-order valence-corrected chi connectivity index (χ1v) is 6.12. The lowest BCUT2D eigenvalue weighted by Crippen LogP contribution is -2.07. The number of thioether (sulfide) groups is 1. The van der Waals surface area contributed by atoms with Crippen LogP contribution in [0.15, 0.2) is 29.1 Å². The molecule has 3 rings (SSSR count). The Balaban J connectivity index is 2.25. The number of phenolic OH excluding ortho intramolecular Hbond substituents is 1. The van der Waals surface area contributed by atoms with E-state index in [2.05, 4.69) is 5.10 Å². The Morgan fingerprint density at radius 2 is 2.12 bits per heavy atom. The van der Waals surface area contributed by atoms with Crippen LogP contribution < -0.4 is 5.56 Å². The predicted octanol–water partition coefficient (Wildman–Crippen LogP) is 1.62. The van der Waals surface area contributed by atoms with Crippen LogP contribution in [-0.4, -0.2) is 14.9 Å². The van der Waals surface area contributed by atoms with Crippen LogP contribution in [0.2, 0.25) is 0 Å². The Kier molecular flexibility index (Phi) is 2.07. The van der Waals surface area contributed by atoms with Gasteiger partial charge < -0.3 is 5.11 Å². The van der Waals surface area contributed by atoms with Crippen molar-refractivity contribution in [3.05, 3.63) is 45.9 Å². The molecule has 0 saturated heterocycles. The Bertz CT molecular complexity index is 600. The first-order valence-electron chi connectivity index (χ1n) is 4.96. The average molecular weight is 234 g/mol. The molecule has 4 nitrogen and oxygen atoms in total. The van der Waals surface area contributed by atoms with Crippen molar-refractivity contribution in [3.63, 3.8) is 0 Å². The molecule has 0 spiro atoms. The van der Waals surface area contributed by atoms with E-state index in [4.69, 9.17) is 0 Å². The molecule has 0 bridgehead atoms. The summed E-state index contributed by atoms with van der Waals surface area (Å²) in [6, 6.07) is 6.99. The molecule has 0 amide bonds. The highest BCUT2D eigenvalue weighted by Gasteiger charge is 2.22. The van der Waals surface area contributed by atoms with Gasteiger partial charge in [-0.05, 0) is 12.1 Å². The lowest BCUT2D eigenvalue weighted by atomic mass is 10.2. The summed E-state index contributed by atoms with van der Waals surface area (Å²) in [6.45, 7) is 0. The normalized spacial score (nSPS) is 14.0. The van der Waals surface area contributed by atoms with E-state index >= 15 is 0 Å². The van der Waals surface area contributed by atoms with E-state index in [9.17, 15) is 9.90 Å². The molecule has 0 aliphatic carbocycles. The van der Waals surface area contributed by atoms with Gasteiger partial charge in [0.2, 0.25) is 0 Å². The number of fused-ring (bicyclic) bond motifs is 1. The molecule has 1 aromatic carbocycles.